The van der Waals surface area contributed by atoms with Crippen LogP contribution >= 0.6 is 0 Å². The third-order valence-corrected chi connectivity index (χ3v) is 5.18. The molecule has 30 heavy (non-hydrogen) atoms. The maximum Gasteiger partial charge on any atom is 0.313 e. The van der Waals surface area contributed by atoms with Gasteiger partial charge in [0.15, 0.2) is 0 Å². The van der Waals surface area contributed by atoms with Crippen LogP contribution in [0.25, 0.3) is 0 Å². The van der Waals surface area contributed by atoms with Crippen LogP contribution in [0.3, 0.4) is 0 Å². The second-order valence-electron chi connectivity index (χ2n) is 7.59. The van der Waals surface area contributed by atoms with E-state index in [1.54, 1.807) is 0 Å². The molecule has 0 aromatic heterocycles. The zero-order chi connectivity index (χ0) is 21.2. The molecule has 4 nitrogen and oxygen atoms in total. The minimum absolute atomic E-state index is 0.0426. The molecular weight excluding hydrogens is 374 g/mol. The maximum atomic E-state index is 13.5. The molecule has 2 N–H and O–H groups in total. The van der Waals surface area contributed by atoms with Gasteiger partial charge in [0.1, 0.15) is 12.4 Å². The molecule has 0 heterocycles. The van der Waals surface area contributed by atoms with E-state index in [0.29, 0.717) is 12.8 Å². The number of benzene rings is 3. The molecule has 0 atom stereocenters. The number of nitrogens with two attached hydrogens (primary N) is 1. The highest BCUT2D eigenvalue weighted by molar-refractivity contribution is 5.88. The molecule has 0 aliphatic heterocycles. The van der Waals surface area contributed by atoms with Gasteiger partial charge in [0.2, 0.25) is 0 Å². The van der Waals surface area contributed by atoms with Crippen LogP contribution in [-0.2, 0) is 33.8 Å². The van der Waals surface area contributed by atoms with Crippen LogP contribution in [0, 0.1) is 5.41 Å². The first-order chi connectivity index (χ1) is 14.6. The van der Waals surface area contributed by atoms with Crippen LogP contribution in [0.15, 0.2) is 91.0 Å². The average molecular weight is 402 g/mol. The lowest BCUT2D eigenvalue weighted by atomic mass is 9.73. The SMILES string of the molecule is NCC(=O)CC(Cc1ccccc1)(Cc1ccccc1)C(=O)OCc1ccccc1. The van der Waals surface area contributed by atoms with Crippen molar-refractivity contribution in [2.75, 3.05) is 6.54 Å². The van der Waals surface area contributed by atoms with Crippen LogP contribution in [-0.4, -0.2) is 18.3 Å². The standard InChI is InChI=1S/C26H27NO3/c27-19-24(28)18-26(16-21-10-4-1-5-11-21,17-22-12-6-2-7-13-22)25(29)30-20-23-14-8-3-9-15-23/h1-15H,16-20,27H2. The Hall–Kier alpha value is -3.24. The van der Waals surface area contributed by atoms with Gasteiger partial charge < -0.3 is 10.5 Å². The second kappa shape index (κ2) is 10.5. The van der Waals surface area contributed by atoms with Gasteiger partial charge in [-0.2, -0.15) is 0 Å². The molecule has 0 saturated carbocycles. The smallest absolute Gasteiger partial charge is 0.313 e. The van der Waals surface area contributed by atoms with Crippen molar-refractivity contribution < 1.29 is 14.3 Å². The number of ketones is 1. The van der Waals surface area contributed by atoms with E-state index < -0.39 is 5.41 Å². The van der Waals surface area contributed by atoms with E-state index in [1.165, 1.54) is 0 Å². The molecule has 0 amide bonds. The summed E-state index contributed by atoms with van der Waals surface area (Å²) in [7, 11) is 0. The number of esters is 1. The van der Waals surface area contributed by atoms with E-state index in [1.807, 2.05) is 91.0 Å². The Labute approximate surface area is 177 Å². The van der Waals surface area contributed by atoms with Gasteiger partial charge in [0.05, 0.1) is 12.0 Å². The Morgan fingerprint density at radius 2 is 1.13 bits per heavy atom. The quantitative estimate of drug-likeness (QED) is 0.519. The highest BCUT2D eigenvalue weighted by Crippen LogP contribution is 2.34. The topological polar surface area (TPSA) is 69.4 Å². The minimum Gasteiger partial charge on any atom is -0.460 e. The van der Waals surface area contributed by atoms with Crippen molar-refractivity contribution in [3.05, 3.63) is 108 Å². The number of carbonyl (C=O) groups excluding carboxylic acids is 2. The highest BCUT2D eigenvalue weighted by Gasteiger charge is 2.42. The lowest BCUT2D eigenvalue weighted by Crippen LogP contribution is -2.40. The normalized spacial score (nSPS) is 11.1. The van der Waals surface area contributed by atoms with Crippen molar-refractivity contribution in [1.82, 2.24) is 0 Å². The molecule has 0 radical (unpaired) electrons. The molecular formula is C26H27NO3. The lowest BCUT2D eigenvalue weighted by Gasteiger charge is -2.31. The van der Waals surface area contributed by atoms with Gasteiger partial charge >= 0.3 is 5.97 Å². The lowest BCUT2D eigenvalue weighted by molar-refractivity contribution is -0.159. The summed E-state index contributed by atoms with van der Waals surface area (Å²) in [5, 5.41) is 0. The molecule has 4 heteroatoms. The van der Waals surface area contributed by atoms with Gasteiger partial charge in [-0.3, -0.25) is 9.59 Å². The van der Waals surface area contributed by atoms with Gasteiger partial charge in [-0.1, -0.05) is 91.0 Å². The van der Waals surface area contributed by atoms with Gasteiger partial charge in [-0.15, -0.1) is 0 Å². The van der Waals surface area contributed by atoms with Gasteiger partial charge in [0.25, 0.3) is 0 Å². The minimum atomic E-state index is -1.02. The van der Waals surface area contributed by atoms with Crippen molar-refractivity contribution in [2.45, 2.75) is 25.9 Å². The number of Topliss-reactive ketones (excluding diaryl/α,β-unsaturated/α-hetero) is 1. The molecule has 0 aliphatic carbocycles. The zero-order valence-electron chi connectivity index (χ0n) is 17.0. The third kappa shape index (κ3) is 5.88. The molecule has 3 aromatic rings. The summed E-state index contributed by atoms with van der Waals surface area (Å²) < 4.78 is 5.75. The number of ether oxygens (including phenoxy) is 1. The first-order valence-corrected chi connectivity index (χ1v) is 10.1. The van der Waals surface area contributed by atoms with Gasteiger partial charge in [-0.05, 0) is 29.5 Å². The Bertz CT molecular complexity index is 898. The molecule has 0 bridgehead atoms. The van der Waals surface area contributed by atoms with Crippen LogP contribution < -0.4 is 5.73 Å². The van der Waals surface area contributed by atoms with Gasteiger partial charge in [0, 0.05) is 6.42 Å². The van der Waals surface area contributed by atoms with Crippen LogP contribution in [0.4, 0.5) is 0 Å². The predicted molar refractivity (Wildman–Crippen MR) is 118 cm³/mol. The summed E-state index contributed by atoms with van der Waals surface area (Å²) in [4.78, 5) is 25.9. The predicted octanol–water partition coefficient (Wildman–Crippen LogP) is 4.12. The molecule has 3 rings (SSSR count). The van der Waals surface area contributed by atoms with E-state index in [2.05, 4.69) is 0 Å². The number of hydrogen-bond donors (Lipinski definition) is 1. The Kier molecular flexibility index (Phi) is 7.52. The zero-order valence-corrected chi connectivity index (χ0v) is 17.0. The fourth-order valence-electron chi connectivity index (χ4n) is 3.70. The van der Waals surface area contributed by atoms with E-state index in [0.717, 1.165) is 16.7 Å². The first-order valence-electron chi connectivity index (χ1n) is 10.1. The monoisotopic (exact) mass is 401 g/mol. The van der Waals surface area contributed by atoms with E-state index in [4.69, 9.17) is 10.5 Å². The summed E-state index contributed by atoms with van der Waals surface area (Å²) in [6.45, 7) is 0.0686. The number of rotatable bonds is 10. The molecule has 3 aromatic carbocycles. The summed E-state index contributed by atoms with van der Waals surface area (Å²) in [6.07, 6.45) is 0.852. The second-order valence-corrected chi connectivity index (χ2v) is 7.59. The first kappa shape index (κ1) is 21.5. The van der Waals surface area contributed by atoms with Crippen LogP contribution in [0.5, 0.6) is 0 Å². The fraction of sp³-hybridized carbons (Fsp3) is 0.231. The largest absolute Gasteiger partial charge is 0.460 e. The summed E-state index contributed by atoms with van der Waals surface area (Å²) in [6, 6.07) is 29.0. The van der Waals surface area contributed by atoms with Crippen molar-refractivity contribution >= 4 is 11.8 Å². The Morgan fingerprint density at radius 3 is 1.57 bits per heavy atom. The van der Waals surface area contributed by atoms with E-state index in [9.17, 15) is 9.59 Å². The summed E-state index contributed by atoms with van der Waals surface area (Å²) in [5.41, 5.74) is 7.48. The summed E-state index contributed by atoms with van der Waals surface area (Å²) >= 11 is 0. The Balaban J connectivity index is 1.93. The molecule has 0 unspecified atom stereocenters. The van der Waals surface area contributed by atoms with E-state index in [-0.39, 0.29) is 31.3 Å². The maximum absolute atomic E-state index is 13.5. The fourth-order valence-corrected chi connectivity index (χ4v) is 3.70. The van der Waals surface area contributed by atoms with Crippen molar-refractivity contribution in [2.24, 2.45) is 11.1 Å². The molecule has 0 aliphatic rings. The average Bonchev–Trinajstić information content (AvgIpc) is 2.79. The molecule has 0 fully saturated rings. The molecule has 0 spiro atoms. The van der Waals surface area contributed by atoms with Crippen molar-refractivity contribution in [1.29, 1.82) is 0 Å². The molecule has 154 valence electrons. The third-order valence-electron chi connectivity index (χ3n) is 5.18. The highest BCUT2D eigenvalue weighted by atomic mass is 16.5. The molecule has 0 saturated heterocycles. The number of carbonyl (C=O) groups is 2. The van der Waals surface area contributed by atoms with Crippen molar-refractivity contribution in [3.63, 3.8) is 0 Å². The summed E-state index contributed by atoms with van der Waals surface area (Å²) in [5.74, 6) is -0.528. The Morgan fingerprint density at radius 1 is 0.700 bits per heavy atom. The van der Waals surface area contributed by atoms with Crippen LogP contribution in [0.1, 0.15) is 23.1 Å². The van der Waals surface area contributed by atoms with E-state index >= 15 is 0 Å². The van der Waals surface area contributed by atoms with Gasteiger partial charge in [-0.25, -0.2) is 0 Å². The van der Waals surface area contributed by atoms with Crippen LogP contribution in [0.2, 0.25) is 0 Å². The number of hydrogen-bond acceptors (Lipinski definition) is 4. The van der Waals surface area contributed by atoms with Crippen molar-refractivity contribution in [3.8, 4) is 0 Å².